The van der Waals surface area contributed by atoms with E-state index in [9.17, 15) is 4.79 Å². The molecule has 0 bridgehead atoms. The molecule has 1 atom stereocenters. The van der Waals surface area contributed by atoms with Crippen molar-refractivity contribution >= 4 is 44.6 Å². The Morgan fingerprint density at radius 2 is 2.17 bits per heavy atom. The van der Waals surface area contributed by atoms with Gasteiger partial charge in [-0.05, 0) is 25.8 Å². The Hall–Kier alpha value is -2.06. The Kier molecular flexibility index (Phi) is 4.27. The van der Waals surface area contributed by atoms with Gasteiger partial charge in [0.15, 0.2) is 0 Å². The SMILES string of the molecule is CC[C@@H](NC(=O)c1sc2nc(C)nc(N)c2c1C)c1nccs1. The van der Waals surface area contributed by atoms with E-state index >= 15 is 0 Å². The van der Waals surface area contributed by atoms with Gasteiger partial charge in [-0.15, -0.1) is 22.7 Å². The number of anilines is 1. The van der Waals surface area contributed by atoms with Crippen molar-refractivity contribution in [3.05, 3.63) is 32.8 Å². The maximum absolute atomic E-state index is 12.7. The summed E-state index contributed by atoms with van der Waals surface area (Å²) >= 11 is 2.89. The van der Waals surface area contributed by atoms with E-state index in [-0.39, 0.29) is 11.9 Å². The predicted molar refractivity (Wildman–Crippen MR) is 93.9 cm³/mol. The zero-order chi connectivity index (χ0) is 16.6. The maximum Gasteiger partial charge on any atom is 0.262 e. The molecule has 0 aromatic carbocycles. The fourth-order valence-electron chi connectivity index (χ4n) is 2.47. The first-order valence-corrected chi connectivity index (χ1v) is 8.94. The van der Waals surface area contributed by atoms with Gasteiger partial charge in [-0.3, -0.25) is 4.79 Å². The van der Waals surface area contributed by atoms with Gasteiger partial charge in [-0.1, -0.05) is 6.92 Å². The van der Waals surface area contributed by atoms with E-state index in [1.807, 2.05) is 19.2 Å². The van der Waals surface area contributed by atoms with Crippen LogP contribution in [-0.4, -0.2) is 20.9 Å². The van der Waals surface area contributed by atoms with Gasteiger partial charge in [-0.2, -0.15) is 0 Å². The summed E-state index contributed by atoms with van der Waals surface area (Å²) < 4.78 is 0. The number of carbonyl (C=O) groups excluding carboxylic acids is 1. The van der Waals surface area contributed by atoms with E-state index in [1.165, 1.54) is 11.3 Å². The Balaban J connectivity index is 1.95. The van der Waals surface area contributed by atoms with Crippen LogP contribution in [0.4, 0.5) is 5.82 Å². The number of nitrogens with zero attached hydrogens (tertiary/aromatic N) is 3. The van der Waals surface area contributed by atoms with Crippen molar-refractivity contribution in [2.75, 3.05) is 5.73 Å². The topological polar surface area (TPSA) is 93.8 Å². The van der Waals surface area contributed by atoms with Crippen molar-refractivity contribution in [1.29, 1.82) is 0 Å². The van der Waals surface area contributed by atoms with Crippen molar-refractivity contribution in [2.24, 2.45) is 0 Å². The molecule has 3 rings (SSSR count). The monoisotopic (exact) mass is 347 g/mol. The second-order valence-corrected chi connectivity index (χ2v) is 7.12. The number of amides is 1. The van der Waals surface area contributed by atoms with Gasteiger partial charge in [-0.25, -0.2) is 15.0 Å². The number of hydrogen-bond acceptors (Lipinski definition) is 7. The quantitative estimate of drug-likeness (QED) is 0.756. The molecule has 3 heterocycles. The average molecular weight is 347 g/mol. The molecule has 0 saturated heterocycles. The minimum Gasteiger partial charge on any atom is -0.383 e. The molecule has 0 aliphatic heterocycles. The first-order chi connectivity index (χ1) is 11.0. The summed E-state index contributed by atoms with van der Waals surface area (Å²) in [5.74, 6) is 0.911. The van der Waals surface area contributed by atoms with E-state index < -0.39 is 0 Å². The molecular formula is C15H17N5OS2. The van der Waals surface area contributed by atoms with Gasteiger partial charge in [0.05, 0.1) is 16.3 Å². The van der Waals surface area contributed by atoms with Gasteiger partial charge < -0.3 is 11.1 Å². The molecule has 6 nitrogen and oxygen atoms in total. The Morgan fingerprint density at radius 3 is 2.83 bits per heavy atom. The highest BCUT2D eigenvalue weighted by Crippen LogP contribution is 2.33. The molecular weight excluding hydrogens is 330 g/mol. The third-order valence-electron chi connectivity index (χ3n) is 3.60. The second-order valence-electron chi connectivity index (χ2n) is 5.20. The van der Waals surface area contributed by atoms with Crippen LogP contribution >= 0.6 is 22.7 Å². The molecule has 0 unspecified atom stereocenters. The number of aromatic nitrogens is 3. The molecule has 23 heavy (non-hydrogen) atoms. The number of carbonyl (C=O) groups is 1. The second kappa shape index (κ2) is 6.21. The molecule has 1 amide bonds. The van der Waals surface area contributed by atoms with E-state index in [0.717, 1.165) is 27.2 Å². The zero-order valence-corrected chi connectivity index (χ0v) is 14.7. The summed E-state index contributed by atoms with van der Waals surface area (Å²) in [5, 5.41) is 6.65. The van der Waals surface area contributed by atoms with Crippen molar-refractivity contribution in [3.8, 4) is 0 Å². The fraction of sp³-hybridized carbons (Fsp3) is 0.333. The molecule has 0 spiro atoms. The molecule has 3 aromatic rings. The van der Waals surface area contributed by atoms with Crippen molar-refractivity contribution in [2.45, 2.75) is 33.2 Å². The van der Waals surface area contributed by atoms with E-state index in [4.69, 9.17) is 5.73 Å². The van der Waals surface area contributed by atoms with Crippen molar-refractivity contribution in [1.82, 2.24) is 20.3 Å². The Labute approximate surface area is 141 Å². The summed E-state index contributed by atoms with van der Waals surface area (Å²) in [4.78, 5) is 26.9. The standard InChI is InChI=1S/C15H17N5OS2/c1-4-9(14-17-5-6-22-14)20-13(21)11-7(2)10-12(16)18-8(3)19-15(10)23-11/h5-6,9H,4H2,1-3H3,(H,20,21)(H2,16,18,19)/t9-/m1/s1. The summed E-state index contributed by atoms with van der Waals surface area (Å²) in [5.41, 5.74) is 6.82. The van der Waals surface area contributed by atoms with E-state index in [1.54, 1.807) is 24.5 Å². The molecule has 120 valence electrons. The van der Waals surface area contributed by atoms with Gasteiger partial charge in [0.25, 0.3) is 5.91 Å². The highest BCUT2D eigenvalue weighted by Gasteiger charge is 2.22. The van der Waals surface area contributed by atoms with Crippen LogP contribution in [0.15, 0.2) is 11.6 Å². The van der Waals surface area contributed by atoms with Crippen LogP contribution in [0.25, 0.3) is 10.2 Å². The van der Waals surface area contributed by atoms with Crippen LogP contribution in [0.2, 0.25) is 0 Å². The number of nitrogens with one attached hydrogen (secondary N) is 1. The number of fused-ring (bicyclic) bond motifs is 1. The third-order valence-corrected chi connectivity index (χ3v) is 5.67. The van der Waals surface area contributed by atoms with Gasteiger partial charge >= 0.3 is 0 Å². The third kappa shape index (κ3) is 2.91. The summed E-state index contributed by atoms with van der Waals surface area (Å²) in [6.45, 7) is 5.70. The van der Waals surface area contributed by atoms with Crippen LogP contribution in [0.1, 0.15) is 45.5 Å². The first-order valence-electron chi connectivity index (χ1n) is 7.24. The van der Waals surface area contributed by atoms with Crippen LogP contribution < -0.4 is 11.1 Å². The Bertz CT molecular complexity index is 857. The number of nitrogen functional groups attached to an aromatic ring is 1. The van der Waals surface area contributed by atoms with Gasteiger partial charge in [0, 0.05) is 11.6 Å². The lowest BCUT2D eigenvalue weighted by atomic mass is 10.1. The van der Waals surface area contributed by atoms with E-state index in [2.05, 4.69) is 20.3 Å². The fourth-order valence-corrected chi connectivity index (χ4v) is 4.38. The number of thiazole rings is 1. The highest BCUT2D eigenvalue weighted by molar-refractivity contribution is 7.20. The maximum atomic E-state index is 12.7. The van der Waals surface area contributed by atoms with Crippen LogP contribution in [-0.2, 0) is 0 Å². The number of aryl methyl sites for hydroxylation is 2. The van der Waals surface area contributed by atoms with Crippen LogP contribution in [0.5, 0.6) is 0 Å². The number of hydrogen-bond donors (Lipinski definition) is 2. The van der Waals surface area contributed by atoms with E-state index in [0.29, 0.717) is 16.5 Å². The van der Waals surface area contributed by atoms with Crippen LogP contribution in [0.3, 0.4) is 0 Å². The molecule has 8 heteroatoms. The lowest BCUT2D eigenvalue weighted by Crippen LogP contribution is -2.27. The minimum absolute atomic E-state index is 0.0859. The summed E-state index contributed by atoms with van der Waals surface area (Å²) in [7, 11) is 0. The zero-order valence-electron chi connectivity index (χ0n) is 13.1. The first kappa shape index (κ1) is 15.8. The number of thiophene rings is 1. The van der Waals surface area contributed by atoms with Gasteiger partial charge in [0.1, 0.15) is 21.5 Å². The minimum atomic E-state index is -0.121. The lowest BCUT2D eigenvalue weighted by Gasteiger charge is -2.14. The molecule has 0 aliphatic carbocycles. The Morgan fingerprint density at radius 1 is 1.39 bits per heavy atom. The summed E-state index contributed by atoms with van der Waals surface area (Å²) in [6, 6.07) is -0.0859. The van der Waals surface area contributed by atoms with Crippen molar-refractivity contribution in [3.63, 3.8) is 0 Å². The van der Waals surface area contributed by atoms with Crippen LogP contribution in [0, 0.1) is 13.8 Å². The molecule has 3 aromatic heterocycles. The smallest absolute Gasteiger partial charge is 0.262 e. The average Bonchev–Trinajstić information content (AvgIpc) is 3.12. The summed E-state index contributed by atoms with van der Waals surface area (Å²) in [6.07, 6.45) is 2.53. The normalized spacial score (nSPS) is 12.5. The molecule has 3 N–H and O–H groups in total. The number of nitrogens with two attached hydrogens (primary N) is 1. The predicted octanol–water partition coefficient (Wildman–Crippen LogP) is 3.23. The molecule has 0 aliphatic rings. The van der Waals surface area contributed by atoms with Gasteiger partial charge in [0.2, 0.25) is 0 Å². The van der Waals surface area contributed by atoms with Crippen molar-refractivity contribution < 1.29 is 4.79 Å². The molecule has 0 saturated carbocycles. The molecule has 0 fully saturated rings. The highest BCUT2D eigenvalue weighted by atomic mass is 32.1. The molecule has 0 radical (unpaired) electrons. The lowest BCUT2D eigenvalue weighted by molar-refractivity contribution is 0.0939. The number of rotatable bonds is 4. The largest absolute Gasteiger partial charge is 0.383 e.